The van der Waals surface area contributed by atoms with Crippen LogP contribution in [-0.4, -0.2) is 63.9 Å². The van der Waals surface area contributed by atoms with Crippen molar-refractivity contribution in [3.63, 3.8) is 0 Å². The van der Waals surface area contributed by atoms with Gasteiger partial charge in [0.05, 0.1) is 0 Å². The van der Waals surface area contributed by atoms with Gasteiger partial charge in [-0.25, -0.2) is 19.2 Å². The van der Waals surface area contributed by atoms with Crippen LogP contribution in [0.2, 0.25) is 0 Å². The maximum absolute atomic E-state index is 11.9. The van der Waals surface area contributed by atoms with E-state index in [0.717, 1.165) is 11.1 Å². The van der Waals surface area contributed by atoms with Gasteiger partial charge < -0.3 is 36.6 Å². The van der Waals surface area contributed by atoms with E-state index in [1.54, 1.807) is 0 Å². The van der Waals surface area contributed by atoms with E-state index in [2.05, 4.69) is 21.3 Å². The van der Waals surface area contributed by atoms with E-state index in [-0.39, 0.29) is 18.9 Å². The Kier molecular flexibility index (Phi) is 11.8. The molecule has 33 heavy (non-hydrogen) atoms. The molecule has 0 unspecified atom stereocenters. The van der Waals surface area contributed by atoms with Crippen molar-refractivity contribution >= 4 is 30.0 Å². The molecule has 7 N–H and O–H groups in total. The van der Waals surface area contributed by atoms with Crippen LogP contribution in [0.4, 0.5) is 9.59 Å². The number of benzene rings is 1. The summed E-state index contributed by atoms with van der Waals surface area (Å²) in [7, 11) is 0. The minimum Gasteiger partial charge on any atom is -0.481 e. The largest absolute Gasteiger partial charge is 0.481 e. The summed E-state index contributed by atoms with van der Waals surface area (Å²) in [5.74, 6) is -3.94. The van der Waals surface area contributed by atoms with Crippen LogP contribution in [0.1, 0.15) is 43.2 Å². The van der Waals surface area contributed by atoms with Gasteiger partial charge in [-0.3, -0.25) is 4.79 Å². The molecule has 0 aliphatic rings. The molecule has 0 saturated heterocycles. The van der Waals surface area contributed by atoms with Crippen LogP contribution >= 0.6 is 0 Å². The number of hydrogen-bond donors (Lipinski definition) is 7. The minimum atomic E-state index is -1.46. The van der Waals surface area contributed by atoms with Gasteiger partial charge in [-0.1, -0.05) is 29.8 Å². The fourth-order valence-electron chi connectivity index (χ4n) is 2.88. The van der Waals surface area contributed by atoms with Crippen LogP contribution in [0.15, 0.2) is 24.3 Å². The van der Waals surface area contributed by atoms with E-state index in [1.807, 2.05) is 31.2 Å². The fourth-order valence-corrected chi connectivity index (χ4v) is 2.88. The Morgan fingerprint density at radius 1 is 0.848 bits per heavy atom. The number of carboxylic acid groups (broad SMARTS) is 3. The number of amides is 4. The molecule has 0 heterocycles. The van der Waals surface area contributed by atoms with Crippen molar-refractivity contribution < 1.29 is 39.3 Å². The van der Waals surface area contributed by atoms with Crippen molar-refractivity contribution in [1.29, 1.82) is 0 Å². The van der Waals surface area contributed by atoms with E-state index in [9.17, 15) is 29.1 Å². The molecular formula is C21H30N4O8. The van der Waals surface area contributed by atoms with E-state index in [1.165, 1.54) is 0 Å². The Morgan fingerprint density at radius 2 is 1.48 bits per heavy atom. The van der Waals surface area contributed by atoms with Gasteiger partial charge in [0.2, 0.25) is 0 Å². The number of carbonyl (C=O) groups is 5. The molecule has 0 radical (unpaired) electrons. The number of rotatable bonds is 14. The van der Waals surface area contributed by atoms with E-state index in [4.69, 9.17) is 10.2 Å². The van der Waals surface area contributed by atoms with Gasteiger partial charge in [0, 0.05) is 19.5 Å². The van der Waals surface area contributed by atoms with Crippen molar-refractivity contribution in [2.45, 2.75) is 57.7 Å². The second-order valence-electron chi connectivity index (χ2n) is 7.43. The molecule has 1 rings (SSSR count). The summed E-state index contributed by atoms with van der Waals surface area (Å²) >= 11 is 0. The molecule has 182 valence electrons. The highest BCUT2D eigenvalue weighted by atomic mass is 16.4. The smallest absolute Gasteiger partial charge is 0.326 e. The van der Waals surface area contributed by atoms with Crippen molar-refractivity contribution in [2.75, 3.05) is 6.54 Å². The third-order valence-electron chi connectivity index (χ3n) is 4.59. The molecule has 12 nitrogen and oxygen atoms in total. The first-order valence-corrected chi connectivity index (χ1v) is 10.4. The van der Waals surface area contributed by atoms with E-state index < -0.39 is 42.4 Å². The van der Waals surface area contributed by atoms with Gasteiger partial charge in [0.15, 0.2) is 0 Å². The molecule has 1 aromatic carbocycles. The highest BCUT2D eigenvalue weighted by Gasteiger charge is 2.24. The Morgan fingerprint density at radius 3 is 2.06 bits per heavy atom. The second-order valence-corrected chi connectivity index (χ2v) is 7.43. The molecule has 2 atom stereocenters. The predicted molar refractivity (Wildman–Crippen MR) is 117 cm³/mol. The maximum Gasteiger partial charge on any atom is 0.326 e. The molecule has 0 aliphatic carbocycles. The first-order chi connectivity index (χ1) is 15.6. The summed E-state index contributed by atoms with van der Waals surface area (Å²) in [6.45, 7) is 2.63. The lowest BCUT2D eigenvalue weighted by atomic mass is 10.1. The minimum absolute atomic E-state index is 0.0577. The summed E-state index contributed by atoms with van der Waals surface area (Å²) in [6, 6.07) is 3.60. The lowest BCUT2D eigenvalue weighted by Crippen LogP contribution is -2.51. The van der Waals surface area contributed by atoms with Gasteiger partial charge in [0.1, 0.15) is 12.1 Å². The third kappa shape index (κ3) is 12.0. The lowest BCUT2D eigenvalue weighted by molar-refractivity contribution is -0.140. The Labute approximate surface area is 190 Å². The molecule has 0 bridgehead atoms. The van der Waals surface area contributed by atoms with Crippen molar-refractivity contribution in [3.8, 4) is 0 Å². The van der Waals surface area contributed by atoms with Crippen LogP contribution in [0.5, 0.6) is 0 Å². The van der Waals surface area contributed by atoms with Gasteiger partial charge in [0.25, 0.3) is 0 Å². The molecule has 1 aromatic rings. The van der Waals surface area contributed by atoms with Crippen LogP contribution in [0.25, 0.3) is 0 Å². The molecule has 0 aliphatic heterocycles. The summed E-state index contributed by atoms with van der Waals surface area (Å²) < 4.78 is 0. The second kappa shape index (κ2) is 14.3. The van der Waals surface area contributed by atoms with Gasteiger partial charge in [-0.15, -0.1) is 0 Å². The number of hydrogen-bond acceptors (Lipinski definition) is 5. The summed E-state index contributed by atoms with van der Waals surface area (Å²) in [5, 5.41) is 36.6. The van der Waals surface area contributed by atoms with Crippen LogP contribution in [-0.2, 0) is 20.9 Å². The number of carboxylic acids is 3. The number of unbranched alkanes of at least 4 members (excludes halogenated alkanes) is 1. The van der Waals surface area contributed by atoms with Crippen LogP contribution in [0, 0.1) is 6.92 Å². The normalized spacial score (nSPS) is 12.2. The third-order valence-corrected chi connectivity index (χ3v) is 4.59. The Balaban J connectivity index is 2.33. The summed E-state index contributed by atoms with van der Waals surface area (Å²) in [4.78, 5) is 56.8. The number of urea groups is 2. The molecule has 12 heteroatoms. The van der Waals surface area contributed by atoms with Crippen molar-refractivity contribution in [2.24, 2.45) is 0 Å². The summed E-state index contributed by atoms with van der Waals surface area (Å²) in [6.07, 6.45) is 0.0822. The SMILES string of the molecule is Cc1cccc(CNC(=O)NCCCC[C@H](NC(=O)N[C@@H](CCC(=O)O)C(=O)O)C(=O)O)c1. The number of aryl methyl sites for hydroxylation is 1. The molecular weight excluding hydrogens is 436 g/mol. The van der Waals surface area contributed by atoms with Gasteiger partial charge in [-0.2, -0.15) is 0 Å². The molecule has 4 amide bonds. The zero-order valence-corrected chi connectivity index (χ0v) is 18.3. The lowest BCUT2D eigenvalue weighted by Gasteiger charge is -2.18. The number of aliphatic carboxylic acids is 3. The Hall–Kier alpha value is -3.83. The Bertz CT molecular complexity index is 845. The highest BCUT2D eigenvalue weighted by Crippen LogP contribution is 2.04. The number of nitrogens with one attached hydrogen (secondary N) is 4. The van der Waals surface area contributed by atoms with E-state index in [0.29, 0.717) is 25.9 Å². The molecule has 0 saturated carbocycles. The van der Waals surface area contributed by atoms with Crippen LogP contribution in [0.3, 0.4) is 0 Å². The average Bonchev–Trinajstić information content (AvgIpc) is 2.73. The van der Waals surface area contributed by atoms with E-state index >= 15 is 0 Å². The maximum atomic E-state index is 11.9. The quantitative estimate of drug-likeness (QED) is 0.197. The average molecular weight is 466 g/mol. The highest BCUT2D eigenvalue weighted by molar-refractivity contribution is 5.86. The first kappa shape index (κ1) is 27.2. The monoisotopic (exact) mass is 466 g/mol. The number of carbonyl (C=O) groups excluding carboxylic acids is 2. The van der Waals surface area contributed by atoms with Crippen molar-refractivity contribution in [3.05, 3.63) is 35.4 Å². The summed E-state index contributed by atoms with van der Waals surface area (Å²) in [5.41, 5.74) is 2.05. The first-order valence-electron chi connectivity index (χ1n) is 10.4. The van der Waals surface area contributed by atoms with Crippen LogP contribution < -0.4 is 21.3 Å². The van der Waals surface area contributed by atoms with Gasteiger partial charge in [-0.05, 0) is 38.2 Å². The predicted octanol–water partition coefficient (Wildman–Crippen LogP) is 1.03. The zero-order valence-electron chi connectivity index (χ0n) is 18.3. The van der Waals surface area contributed by atoms with Gasteiger partial charge >= 0.3 is 30.0 Å². The topological polar surface area (TPSA) is 194 Å². The fraction of sp³-hybridized carbons (Fsp3) is 0.476. The zero-order chi connectivity index (χ0) is 24.8. The molecule has 0 aromatic heterocycles. The van der Waals surface area contributed by atoms with Crippen molar-refractivity contribution in [1.82, 2.24) is 21.3 Å². The molecule has 0 fully saturated rings. The standard InChI is InChI=1S/C21H30N4O8/c1-13-5-4-6-14(11-13)12-23-20(32)22-10-3-2-7-15(18(28)29)24-21(33)25-16(19(30)31)8-9-17(26)27/h4-6,11,15-16H,2-3,7-10,12H2,1H3,(H,26,27)(H,28,29)(H,30,31)(H2,22,23,32)(H2,24,25,33)/t15-,16-/m0/s1. The molecule has 0 spiro atoms.